The van der Waals surface area contributed by atoms with Crippen molar-refractivity contribution in [2.45, 2.75) is 53.8 Å². The Kier molecular flexibility index (Phi) is 7.01. The lowest BCUT2D eigenvalue weighted by Crippen LogP contribution is -2.61. The van der Waals surface area contributed by atoms with Crippen molar-refractivity contribution in [3.63, 3.8) is 0 Å². The number of hydrogen-bond donors (Lipinski definition) is 3. The highest BCUT2D eigenvalue weighted by molar-refractivity contribution is 7.99. The molecule has 0 unspecified atom stereocenters. The van der Waals surface area contributed by atoms with E-state index in [9.17, 15) is 27.9 Å². The first-order valence-corrected chi connectivity index (χ1v) is 14.7. The maximum absolute atomic E-state index is 13.9. The van der Waals surface area contributed by atoms with Crippen molar-refractivity contribution >= 4 is 29.4 Å². The van der Waals surface area contributed by atoms with Gasteiger partial charge in [0.2, 0.25) is 5.95 Å². The molecule has 2 aromatic heterocycles. The minimum Gasteiger partial charge on any atom is -0.386 e. The van der Waals surface area contributed by atoms with Gasteiger partial charge in [-0.05, 0) is 48.8 Å². The molecule has 0 saturated carbocycles. The number of nitrogens with two attached hydrogens (primary N) is 2. The van der Waals surface area contributed by atoms with E-state index in [4.69, 9.17) is 11.5 Å². The van der Waals surface area contributed by atoms with Crippen LogP contribution in [0, 0.1) is 5.41 Å². The van der Waals surface area contributed by atoms with Crippen molar-refractivity contribution in [3.8, 4) is 0 Å². The molecule has 2 saturated heterocycles. The number of likely N-dealkylation sites (tertiary alicyclic amines) is 1. The van der Waals surface area contributed by atoms with Gasteiger partial charge in [-0.2, -0.15) is 18.2 Å². The Labute approximate surface area is 249 Å². The Bertz CT molecular complexity index is 1660. The average Bonchev–Trinajstić information content (AvgIpc) is 3.22. The number of hydrogen-bond acceptors (Lipinski definition) is 9. The fraction of sp³-hybridized carbons (Fsp3) is 0.448. The molecule has 1 atom stereocenters. The van der Waals surface area contributed by atoms with Crippen LogP contribution in [0.4, 0.5) is 24.9 Å². The molecular formula is C29H32F3N7O3S. The van der Waals surface area contributed by atoms with Crippen LogP contribution in [0.2, 0.25) is 0 Å². The van der Waals surface area contributed by atoms with E-state index in [1.54, 1.807) is 6.92 Å². The Balaban J connectivity index is 1.25. The topological polar surface area (TPSA) is 144 Å². The highest BCUT2D eigenvalue weighted by atomic mass is 32.2. The van der Waals surface area contributed by atoms with Gasteiger partial charge in [-0.3, -0.25) is 14.2 Å². The van der Waals surface area contributed by atoms with Crippen LogP contribution in [0.15, 0.2) is 51.1 Å². The molecule has 2 fully saturated rings. The van der Waals surface area contributed by atoms with Crippen LogP contribution in [0.25, 0.3) is 0 Å². The minimum atomic E-state index is -4.85. The molecule has 228 valence electrons. The number of piperidine rings is 1. The van der Waals surface area contributed by atoms with E-state index in [0.29, 0.717) is 30.8 Å². The number of β-amino-alcohol motifs (C(OH)–C–C–N with tert-alkyl or cyclic N) is 1. The zero-order chi connectivity index (χ0) is 30.9. The smallest absolute Gasteiger partial charge is 0.386 e. The van der Waals surface area contributed by atoms with Gasteiger partial charge >= 0.3 is 6.18 Å². The first-order valence-electron chi connectivity index (χ1n) is 13.9. The van der Waals surface area contributed by atoms with Crippen molar-refractivity contribution in [3.05, 3.63) is 69.3 Å². The third-order valence-corrected chi connectivity index (χ3v) is 9.94. The van der Waals surface area contributed by atoms with Gasteiger partial charge < -0.3 is 26.4 Å². The number of aliphatic hydroxyl groups is 1. The number of aromatic nitrogens is 3. The fourth-order valence-corrected chi connectivity index (χ4v) is 7.53. The molecule has 1 aromatic carbocycles. The number of carbonyl (C=O) groups is 1. The standard InChI is InChI=1S/C29H32F3N7O3S/c1-27(42)14-39(15-27)24(40)17-11-19(22(35-13-17)29(30,31)32)43-20-23(34)36-26(37(2)25(20)41)38-9-7-28(8-10-38)12-16-5-3-4-6-18(16)21(28)33/h3-6,11,13,21,42H,7-10,12,14-15,33-34H2,1-2H3/t21-/m1/s1. The Morgan fingerprint density at radius 3 is 2.49 bits per heavy atom. The van der Waals surface area contributed by atoms with E-state index in [1.807, 2.05) is 17.0 Å². The van der Waals surface area contributed by atoms with Gasteiger partial charge in [0.15, 0.2) is 5.69 Å². The SMILES string of the molecule is Cn1c(N2CCC3(CC2)Cc2ccccc2[C@H]3N)nc(N)c(Sc2cc(C(=O)N3CC(C)(O)C3)cnc2C(F)(F)F)c1=O. The maximum atomic E-state index is 13.9. The zero-order valence-corrected chi connectivity index (χ0v) is 24.5. The molecular weight excluding hydrogens is 583 g/mol. The number of fused-ring (bicyclic) bond motifs is 1. The van der Waals surface area contributed by atoms with Crippen LogP contribution >= 0.6 is 11.8 Å². The summed E-state index contributed by atoms with van der Waals surface area (Å²) in [6.45, 7) is 2.82. The van der Waals surface area contributed by atoms with Gasteiger partial charge in [0.05, 0.1) is 24.3 Å². The molecule has 14 heteroatoms. The summed E-state index contributed by atoms with van der Waals surface area (Å²) < 4.78 is 43.0. The normalized spacial score (nSPS) is 20.7. The summed E-state index contributed by atoms with van der Waals surface area (Å²) in [7, 11) is 1.51. The number of amides is 1. The van der Waals surface area contributed by atoms with Crippen LogP contribution in [0.3, 0.4) is 0 Å². The molecule has 3 aromatic rings. The summed E-state index contributed by atoms with van der Waals surface area (Å²) in [6, 6.07) is 9.16. The van der Waals surface area contributed by atoms with Gasteiger partial charge in [-0.1, -0.05) is 36.0 Å². The molecule has 1 aliphatic carbocycles. The number of nitrogens with zero attached hydrogens (tertiary/aromatic N) is 5. The summed E-state index contributed by atoms with van der Waals surface area (Å²) in [5.74, 6) is -0.456. The lowest BCUT2D eigenvalue weighted by Gasteiger charge is -2.44. The molecule has 1 amide bonds. The second-order valence-corrected chi connectivity index (χ2v) is 13.1. The van der Waals surface area contributed by atoms with Gasteiger partial charge in [-0.15, -0.1) is 0 Å². The van der Waals surface area contributed by atoms with E-state index in [-0.39, 0.29) is 40.8 Å². The second kappa shape index (κ2) is 10.2. The fourth-order valence-electron chi connectivity index (χ4n) is 6.49. The van der Waals surface area contributed by atoms with E-state index in [2.05, 4.69) is 22.1 Å². The molecule has 10 nitrogen and oxygen atoms in total. The predicted molar refractivity (Wildman–Crippen MR) is 155 cm³/mol. The molecule has 5 N–H and O–H groups in total. The second-order valence-electron chi connectivity index (χ2n) is 12.0. The Hall–Kier alpha value is -3.62. The molecule has 2 aliphatic heterocycles. The highest BCUT2D eigenvalue weighted by Crippen LogP contribution is 2.51. The molecule has 3 aliphatic rings. The van der Waals surface area contributed by atoms with E-state index in [0.717, 1.165) is 31.5 Å². The van der Waals surface area contributed by atoms with Crippen molar-refractivity contribution in [2.24, 2.45) is 18.2 Å². The maximum Gasteiger partial charge on any atom is 0.434 e. The molecule has 43 heavy (non-hydrogen) atoms. The number of pyridine rings is 1. The summed E-state index contributed by atoms with van der Waals surface area (Å²) in [6.07, 6.45) is -1.55. The van der Waals surface area contributed by atoms with E-state index < -0.39 is 33.8 Å². The van der Waals surface area contributed by atoms with Gasteiger partial charge in [-0.25, -0.2) is 4.98 Å². The number of benzene rings is 1. The Morgan fingerprint density at radius 2 is 1.86 bits per heavy atom. The summed E-state index contributed by atoms with van der Waals surface area (Å²) >= 11 is 0.483. The number of nitrogen functional groups attached to an aromatic ring is 1. The van der Waals surface area contributed by atoms with Crippen LogP contribution in [-0.2, 0) is 19.6 Å². The quantitative estimate of drug-likeness (QED) is 0.404. The van der Waals surface area contributed by atoms with Gasteiger partial charge in [0, 0.05) is 37.3 Å². The van der Waals surface area contributed by atoms with Crippen LogP contribution in [0.1, 0.15) is 53.0 Å². The van der Waals surface area contributed by atoms with Crippen molar-refractivity contribution in [1.82, 2.24) is 19.4 Å². The van der Waals surface area contributed by atoms with Gasteiger partial charge in [0.25, 0.3) is 11.5 Å². The summed E-state index contributed by atoms with van der Waals surface area (Å²) in [5, 5.41) is 9.96. The largest absolute Gasteiger partial charge is 0.434 e. The number of carbonyl (C=O) groups excluding carboxylic acids is 1. The molecule has 0 bridgehead atoms. The lowest BCUT2D eigenvalue weighted by molar-refractivity contribution is -0.143. The monoisotopic (exact) mass is 615 g/mol. The third kappa shape index (κ3) is 5.14. The van der Waals surface area contributed by atoms with E-state index in [1.165, 1.54) is 27.6 Å². The minimum absolute atomic E-state index is 0.0463. The van der Waals surface area contributed by atoms with Crippen LogP contribution in [0.5, 0.6) is 0 Å². The summed E-state index contributed by atoms with van der Waals surface area (Å²) in [4.78, 5) is 36.9. The summed E-state index contributed by atoms with van der Waals surface area (Å²) in [5.41, 5.74) is 12.2. The van der Waals surface area contributed by atoms with Crippen molar-refractivity contribution in [2.75, 3.05) is 36.8 Å². The number of halogens is 3. The van der Waals surface area contributed by atoms with E-state index >= 15 is 0 Å². The van der Waals surface area contributed by atoms with Crippen molar-refractivity contribution in [1.29, 1.82) is 0 Å². The number of rotatable bonds is 4. The first-order chi connectivity index (χ1) is 20.2. The van der Waals surface area contributed by atoms with Crippen molar-refractivity contribution < 1.29 is 23.1 Å². The Morgan fingerprint density at radius 1 is 1.19 bits per heavy atom. The third-order valence-electron chi connectivity index (χ3n) is 8.82. The molecule has 0 radical (unpaired) electrons. The zero-order valence-electron chi connectivity index (χ0n) is 23.7. The van der Waals surface area contributed by atoms with Crippen LogP contribution in [-0.4, -0.2) is 62.2 Å². The molecule has 4 heterocycles. The number of alkyl halides is 3. The van der Waals surface area contributed by atoms with Gasteiger partial charge in [0.1, 0.15) is 10.7 Å². The predicted octanol–water partition coefficient (Wildman–Crippen LogP) is 2.98. The van der Waals surface area contributed by atoms with Crippen LogP contribution < -0.4 is 21.9 Å². The lowest BCUT2D eigenvalue weighted by atomic mass is 9.73. The number of anilines is 2. The highest BCUT2D eigenvalue weighted by Gasteiger charge is 2.46. The molecule has 1 spiro atoms. The first kappa shape index (κ1) is 29.5. The molecule has 6 rings (SSSR count). The average molecular weight is 616 g/mol.